The first-order valence-corrected chi connectivity index (χ1v) is 7.63. The number of rotatable bonds is 6. The zero-order valence-corrected chi connectivity index (χ0v) is 13.4. The molecule has 0 aliphatic rings. The standard InChI is InChI=1S/C16H20ClN3O2/c1-11(2)13(8-10-21)18-16(22)14-7-9-20(19-14)15-6-4-3-5-12(15)17/h3-7,9,11,13,21H,8,10H2,1-2H3,(H,18,22). The number of hydrogen-bond donors (Lipinski definition) is 2. The first kappa shape index (κ1) is 16.5. The van der Waals surface area contributed by atoms with Crippen LogP contribution in [0.15, 0.2) is 36.5 Å². The molecular weight excluding hydrogens is 302 g/mol. The normalized spacial score (nSPS) is 12.4. The third-order valence-corrected chi connectivity index (χ3v) is 3.80. The fourth-order valence-corrected chi connectivity index (χ4v) is 2.39. The molecule has 1 unspecified atom stereocenters. The van der Waals surface area contributed by atoms with Crippen molar-refractivity contribution in [1.29, 1.82) is 0 Å². The molecule has 0 aliphatic carbocycles. The summed E-state index contributed by atoms with van der Waals surface area (Å²) in [5.74, 6) is -0.0142. The van der Waals surface area contributed by atoms with Gasteiger partial charge in [0.2, 0.25) is 0 Å². The topological polar surface area (TPSA) is 67.2 Å². The molecule has 0 saturated carbocycles. The van der Waals surface area contributed by atoms with E-state index >= 15 is 0 Å². The number of halogens is 1. The van der Waals surface area contributed by atoms with E-state index in [0.717, 1.165) is 5.69 Å². The van der Waals surface area contributed by atoms with Gasteiger partial charge in [0.1, 0.15) is 0 Å². The third-order valence-electron chi connectivity index (χ3n) is 3.48. The Morgan fingerprint density at radius 1 is 1.36 bits per heavy atom. The van der Waals surface area contributed by atoms with Crippen molar-refractivity contribution >= 4 is 17.5 Å². The number of aliphatic hydroxyl groups excluding tert-OH is 1. The van der Waals surface area contributed by atoms with Crippen LogP contribution in [0.3, 0.4) is 0 Å². The SMILES string of the molecule is CC(C)C(CCO)NC(=O)c1ccn(-c2ccccc2Cl)n1. The van der Waals surface area contributed by atoms with Gasteiger partial charge >= 0.3 is 0 Å². The molecule has 2 aromatic rings. The largest absolute Gasteiger partial charge is 0.396 e. The van der Waals surface area contributed by atoms with Crippen molar-refractivity contribution in [2.24, 2.45) is 5.92 Å². The Kier molecular flexibility index (Phi) is 5.57. The van der Waals surface area contributed by atoms with Crippen LogP contribution in [-0.4, -0.2) is 33.4 Å². The molecule has 1 amide bonds. The molecule has 0 fully saturated rings. The number of amides is 1. The highest BCUT2D eigenvalue weighted by Crippen LogP contribution is 2.19. The van der Waals surface area contributed by atoms with E-state index in [-0.39, 0.29) is 24.5 Å². The van der Waals surface area contributed by atoms with Gasteiger partial charge < -0.3 is 10.4 Å². The van der Waals surface area contributed by atoms with Gasteiger partial charge in [-0.1, -0.05) is 37.6 Å². The molecule has 6 heteroatoms. The van der Waals surface area contributed by atoms with E-state index in [1.54, 1.807) is 23.0 Å². The molecule has 0 saturated heterocycles. The number of carbonyl (C=O) groups is 1. The highest BCUT2D eigenvalue weighted by atomic mass is 35.5. The number of hydrogen-bond acceptors (Lipinski definition) is 3. The minimum Gasteiger partial charge on any atom is -0.396 e. The number of benzene rings is 1. The van der Waals surface area contributed by atoms with Crippen LogP contribution in [0.5, 0.6) is 0 Å². The predicted molar refractivity (Wildman–Crippen MR) is 86.4 cm³/mol. The molecule has 0 radical (unpaired) electrons. The molecule has 1 atom stereocenters. The molecule has 1 heterocycles. The van der Waals surface area contributed by atoms with Crippen molar-refractivity contribution in [3.05, 3.63) is 47.2 Å². The summed E-state index contributed by atoms with van der Waals surface area (Å²) in [6.45, 7) is 4.04. The predicted octanol–water partition coefficient (Wildman–Crippen LogP) is 2.66. The minimum atomic E-state index is -0.252. The maximum Gasteiger partial charge on any atom is 0.272 e. The number of para-hydroxylation sites is 1. The minimum absolute atomic E-state index is 0.0389. The first-order valence-electron chi connectivity index (χ1n) is 7.25. The van der Waals surface area contributed by atoms with Crippen molar-refractivity contribution < 1.29 is 9.90 Å². The Balaban J connectivity index is 2.14. The molecule has 0 bridgehead atoms. The van der Waals surface area contributed by atoms with E-state index in [1.165, 1.54) is 0 Å². The van der Waals surface area contributed by atoms with Gasteiger partial charge in [0.15, 0.2) is 5.69 Å². The average Bonchev–Trinajstić information content (AvgIpc) is 2.96. The van der Waals surface area contributed by atoms with Crippen LogP contribution in [0.4, 0.5) is 0 Å². The van der Waals surface area contributed by atoms with Gasteiger partial charge in [-0.3, -0.25) is 4.79 Å². The molecule has 2 N–H and O–H groups in total. The van der Waals surface area contributed by atoms with Gasteiger partial charge in [0, 0.05) is 18.8 Å². The molecule has 1 aromatic carbocycles. The summed E-state index contributed by atoms with van der Waals surface area (Å²) >= 11 is 6.13. The lowest BCUT2D eigenvalue weighted by atomic mass is 10.0. The zero-order chi connectivity index (χ0) is 16.1. The van der Waals surface area contributed by atoms with E-state index in [0.29, 0.717) is 17.1 Å². The second-order valence-corrected chi connectivity index (χ2v) is 5.84. The summed E-state index contributed by atoms with van der Waals surface area (Å²) in [7, 11) is 0. The smallest absolute Gasteiger partial charge is 0.272 e. The van der Waals surface area contributed by atoms with Gasteiger partial charge in [-0.15, -0.1) is 0 Å². The molecule has 0 aliphatic heterocycles. The number of carbonyl (C=O) groups excluding carboxylic acids is 1. The molecule has 1 aromatic heterocycles. The average molecular weight is 322 g/mol. The lowest BCUT2D eigenvalue weighted by Gasteiger charge is -2.20. The fourth-order valence-electron chi connectivity index (χ4n) is 2.17. The van der Waals surface area contributed by atoms with Crippen molar-refractivity contribution in [2.45, 2.75) is 26.3 Å². The maximum absolute atomic E-state index is 12.3. The Bertz CT molecular complexity index is 640. The number of nitrogens with one attached hydrogen (secondary N) is 1. The van der Waals surface area contributed by atoms with E-state index < -0.39 is 0 Å². The van der Waals surface area contributed by atoms with Crippen molar-refractivity contribution in [1.82, 2.24) is 15.1 Å². The molecular formula is C16H20ClN3O2. The van der Waals surface area contributed by atoms with Crippen molar-refractivity contribution in [3.8, 4) is 5.69 Å². The van der Waals surface area contributed by atoms with E-state index in [1.807, 2.05) is 32.0 Å². The lowest BCUT2D eigenvalue weighted by Crippen LogP contribution is -2.39. The third kappa shape index (κ3) is 3.87. The summed E-state index contributed by atoms with van der Waals surface area (Å²) in [6.07, 6.45) is 2.22. The summed E-state index contributed by atoms with van der Waals surface area (Å²) in [5, 5.41) is 16.8. The van der Waals surface area contributed by atoms with Gasteiger partial charge in [-0.05, 0) is 30.5 Å². The van der Waals surface area contributed by atoms with Gasteiger partial charge in [0.05, 0.1) is 10.7 Å². The van der Waals surface area contributed by atoms with Crippen LogP contribution in [0, 0.1) is 5.92 Å². The number of aliphatic hydroxyl groups is 1. The van der Waals surface area contributed by atoms with Crippen LogP contribution >= 0.6 is 11.6 Å². The summed E-state index contributed by atoms with van der Waals surface area (Å²) in [5.41, 5.74) is 1.04. The highest BCUT2D eigenvalue weighted by Gasteiger charge is 2.18. The number of nitrogens with zero attached hydrogens (tertiary/aromatic N) is 2. The van der Waals surface area contributed by atoms with Crippen molar-refractivity contribution in [3.63, 3.8) is 0 Å². The Morgan fingerprint density at radius 3 is 2.73 bits per heavy atom. The number of aromatic nitrogens is 2. The second-order valence-electron chi connectivity index (χ2n) is 5.43. The highest BCUT2D eigenvalue weighted by molar-refractivity contribution is 6.32. The second kappa shape index (κ2) is 7.42. The van der Waals surface area contributed by atoms with E-state index in [9.17, 15) is 4.79 Å². The van der Waals surface area contributed by atoms with Gasteiger partial charge in [-0.25, -0.2) is 4.68 Å². The maximum atomic E-state index is 12.3. The summed E-state index contributed by atoms with van der Waals surface area (Å²) in [6, 6.07) is 8.87. The van der Waals surface area contributed by atoms with Crippen LogP contribution in [0.25, 0.3) is 5.69 Å². The first-order chi connectivity index (χ1) is 10.5. The molecule has 2 rings (SSSR count). The summed E-state index contributed by atoms with van der Waals surface area (Å²) < 4.78 is 1.58. The molecule has 22 heavy (non-hydrogen) atoms. The van der Waals surface area contributed by atoms with Crippen LogP contribution < -0.4 is 5.32 Å². The van der Waals surface area contributed by atoms with Crippen molar-refractivity contribution in [2.75, 3.05) is 6.61 Å². The molecule has 118 valence electrons. The zero-order valence-electron chi connectivity index (χ0n) is 12.7. The Labute approximate surface area is 134 Å². The molecule has 5 nitrogen and oxygen atoms in total. The van der Waals surface area contributed by atoms with Gasteiger partial charge in [0.25, 0.3) is 5.91 Å². The van der Waals surface area contributed by atoms with Crippen LogP contribution in [0.1, 0.15) is 30.8 Å². The van der Waals surface area contributed by atoms with E-state index in [4.69, 9.17) is 16.7 Å². The molecule has 0 spiro atoms. The van der Waals surface area contributed by atoms with E-state index in [2.05, 4.69) is 10.4 Å². The lowest BCUT2D eigenvalue weighted by molar-refractivity contribution is 0.0911. The quantitative estimate of drug-likeness (QED) is 0.859. The monoisotopic (exact) mass is 321 g/mol. The Morgan fingerprint density at radius 2 is 2.09 bits per heavy atom. The Hall–Kier alpha value is -1.85. The van der Waals surface area contributed by atoms with Gasteiger partial charge in [-0.2, -0.15) is 5.10 Å². The van der Waals surface area contributed by atoms with Crippen LogP contribution in [-0.2, 0) is 0 Å². The fraction of sp³-hybridized carbons (Fsp3) is 0.375. The summed E-state index contributed by atoms with van der Waals surface area (Å²) in [4.78, 5) is 12.3. The van der Waals surface area contributed by atoms with Crippen LogP contribution in [0.2, 0.25) is 5.02 Å².